The number of nitrogens with one attached hydrogen (secondary N) is 1. The first-order valence-corrected chi connectivity index (χ1v) is 8.24. The van der Waals surface area contributed by atoms with Crippen LogP contribution in [-0.2, 0) is 9.53 Å². The van der Waals surface area contributed by atoms with Crippen molar-refractivity contribution in [2.24, 2.45) is 0 Å². The third-order valence-corrected chi connectivity index (χ3v) is 4.39. The van der Waals surface area contributed by atoms with Crippen LogP contribution in [0, 0.1) is 10.1 Å². The first-order valence-electron chi connectivity index (χ1n) is 7.10. The van der Waals surface area contributed by atoms with Crippen LogP contribution in [0.5, 0.6) is 0 Å². The molecular weight excluding hydrogens is 407 g/mol. The molecule has 0 aliphatic heterocycles. The number of carbonyl (C=O) groups excluding carboxylic acids is 2. The second kappa shape index (κ2) is 8.35. The Balaban J connectivity index is 2.11. The summed E-state index contributed by atoms with van der Waals surface area (Å²) in [7, 11) is 0. The zero-order valence-electron chi connectivity index (χ0n) is 13.2. The van der Waals surface area contributed by atoms with Gasteiger partial charge in [-0.2, -0.15) is 0 Å². The van der Waals surface area contributed by atoms with E-state index in [-0.39, 0.29) is 32.0 Å². The van der Waals surface area contributed by atoms with E-state index in [1.165, 1.54) is 19.1 Å². The third kappa shape index (κ3) is 4.63. The van der Waals surface area contributed by atoms with Crippen LogP contribution in [0.2, 0.25) is 15.1 Å². The number of rotatable bonds is 5. The number of amides is 1. The Labute approximate surface area is 162 Å². The van der Waals surface area contributed by atoms with Crippen LogP contribution in [0.15, 0.2) is 36.4 Å². The van der Waals surface area contributed by atoms with Gasteiger partial charge < -0.3 is 10.1 Å². The molecule has 0 aliphatic carbocycles. The standard InChI is InChI=1S/C16H11Cl3N2O5/c1-8(15(22)20-13-4-2-3-12(18)14(13)19)26-16(23)10-7-9(21(24)25)5-6-11(10)17/h2-8H,1H3,(H,20,22). The topological polar surface area (TPSA) is 98.5 Å². The third-order valence-electron chi connectivity index (χ3n) is 3.24. The number of halogens is 3. The summed E-state index contributed by atoms with van der Waals surface area (Å²) in [4.78, 5) is 34.5. The van der Waals surface area contributed by atoms with Crippen molar-refractivity contribution in [3.63, 3.8) is 0 Å². The lowest BCUT2D eigenvalue weighted by Gasteiger charge is -2.15. The molecule has 0 fully saturated rings. The number of nitrogens with zero attached hydrogens (tertiary/aromatic N) is 1. The molecule has 0 aliphatic rings. The second-order valence-electron chi connectivity index (χ2n) is 5.06. The van der Waals surface area contributed by atoms with E-state index in [1.54, 1.807) is 12.1 Å². The van der Waals surface area contributed by atoms with Gasteiger partial charge in [-0.25, -0.2) is 4.79 Å². The van der Waals surface area contributed by atoms with Crippen LogP contribution >= 0.6 is 34.8 Å². The summed E-state index contributed by atoms with van der Waals surface area (Å²) in [6.07, 6.45) is -1.21. The molecule has 0 saturated heterocycles. The van der Waals surface area contributed by atoms with Crippen LogP contribution < -0.4 is 5.32 Å². The molecule has 1 N–H and O–H groups in total. The number of carbonyl (C=O) groups is 2. The number of nitro benzene ring substituents is 1. The fourth-order valence-electron chi connectivity index (χ4n) is 1.90. The van der Waals surface area contributed by atoms with Gasteiger partial charge in [-0.1, -0.05) is 40.9 Å². The van der Waals surface area contributed by atoms with Crippen molar-refractivity contribution in [3.05, 3.63) is 67.1 Å². The van der Waals surface area contributed by atoms with E-state index in [0.29, 0.717) is 0 Å². The normalized spacial score (nSPS) is 11.5. The maximum atomic E-state index is 12.2. The van der Waals surface area contributed by atoms with E-state index in [1.807, 2.05) is 0 Å². The highest BCUT2D eigenvalue weighted by atomic mass is 35.5. The number of anilines is 1. The fourth-order valence-corrected chi connectivity index (χ4v) is 2.44. The SMILES string of the molecule is CC(OC(=O)c1cc([N+](=O)[O-])ccc1Cl)C(=O)Nc1cccc(Cl)c1Cl. The number of hydrogen-bond acceptors (Lipinski definition) is 5. The summed E-state index contributed by atoms with van der Waals surface area (Å²) in [5.41, 5.74) is -0.300. The highest BCUT2D eigenvalue weighted by Crippen LogP contribution is 2.29. The zero-order valence-corrected chi connectivity index (χ0v) is 15.4. The first kappa shape index (κ1) is 20.0. The van der Waals surface area contributed by atoms with Gasteiger partial charge in [0.25, 0.3) is 11.6 Å². The largest absolute Gasteiger partial charge is 0.449 e. The molecule has 2 aromatic carbocycles. The molecule has 0 heterocycles. The van der Waals surface area contributed by atoms with Crippen molar-refractivity contribution >= 4 is 58.1 Å². The summed E-state index contributed by atoms with van der Waals surface area (Å²) in [5.74, 6) is -1.64. The van der Waals surface area contributed by atoms with Crippen molar-refractivity contribution in [3.8, 4) is 0 Å². The lowest BCUT2D eigenvalue weighted by molar-refractivity contribution is -0.384. The van der Waals surface area contributed by atoms with Gasteiger partial charge in [-0.15, -0.1) is 0 Å². The van der Waals surface area contributed by atoms with Gasteiger partial charge in [0.15, 0.2) is 6.10 Å². The zero-order chi connectivity index (χ0) is 19.4. The number of benzene rings is 2. The molecule has 0 bridgehead atoms. The monoisotopic (exact) mass is 416 g/mol. The van der Waals surface area contributed by atoms with Crippen molar-refractivity contribution in [2.45, 2.75) is 13.0 Å². The Morgan fingerprint density at radius 1 is 1.15 bits per heavy atom. The molecule has 7 nitrogen and oxygen atoms in total. The van der Waals surface area contributed by atoms with Crippen molar-refractivity contribution in [2.75, 3.05) is 5.32 Å². The average molecular weight is 418 g/mol. The smallest absolute Gasteiger partial charge is 0.340 e. The van der Waals surface area contributed by atoms with Gasteiger partial charge in [0.05, 0.1) is 31.2 Å². The second-order valence-corrected chi connectivity index (χ2v) is 6.25. The molecular formula is C16H11Cl3N2O5. The van der Waals surface area contributed by atoms with Crippen molar-refractivity contribution < 1.29 is 19.2 Å². The maximum absolute atomic E-state index is 12.2. The summed E-state index contributed by atoms with van der Waals surface area (Å²) >= 11 is 17.7. The molecule has 1 atom stereocenters. The fraction of sp³-hybridized carbons (Fsp3) is 0.125. The highest BCUT2D eigenvalue weighted by Gasteiger charge is 2.23. The highest BCUT2D eigenvalue weighted by molar-refractivity contribution is 6.44. The Bertz CT molecular complexity index is 888. The van der Waals surface area contributed by atoms with E-state index < -0.39 is 22.9 Å². The number of hydrogen-bond donors (Lipinski definition) is 1. The minimum atomic E-state index is -1.21. The lowest BCUT2D eigenvalue weighted by atomic mass is 10.2. The first-order chi connectivity index (χ1) is 12.2. The van der Waals surface area contributed by atoms with Crippen LogP contribution in [0.25, 0.3) is 0 Å². The molecule has 1 amide bonds. The van der Waals surface area contributed by atoms with Crippen LogP contribution in [-0.4, -0.2) is 22.9 Å². The Kier molecular flexibility index (Phi) is 6.42. The van der Waals surface area contributed by atoms with Gasteiger partial charge in [0, 0.05) is 12.1 Å². The van der Waals surface area contributed by atoms with Crippen molar-refractivity contribution in [1.29, 1.82) is 0 Å². The maximum Gasteiger partial charge on any atom is 0.340 e. The summed E-state index contributed by atoms with van der Waals surface area (Å²) in [6.45, 7) is 1.33. The average Bonchev–Trinajstić information content (AvgIpc) is 2.58. The summed E-state index contributed by atoms with van der Waals surface area (Å²) in [6, 6.07) is 7.99. The van der Waals surface area contributed by atoms with Crippen LogP contribution in [0.3, 0.4) is 0 Å². The van der Waals surface area contributed by atoms with Crippen LogP contribution in [0.1, 0.15) is 17.3 Å². The molecule has 0 saturated carbocycles. The van der Waals surface area contributed by atoms with Gasteiger partial charge in [-0.05, 0) is 25.1 Å². The van der Waals surface area contributed by atoms with E-state index in [9.17, 15) is 19.7 Å². The molecule has 0 radical (unpaired) electrons. The lowest BCUT2D eigenvalue weighted by Crippen LogP contribution is -2.30. The Morgan fingerprint density at radius 2 is 1.85 bits per heavy atom. The summed E-state index contributed by atoms with van der Waals surface area (Å²) in [5, 5.41) is 13.6. The van der Waals surface area contributed by atoms with Crippen molar-refractivity contribution in [1.82, 2.24) is 0 Å². The van der Waals surface area contributed by atoms with Gasteiger partial charge in [-0.3, -0.25) is 14.9 Å². The van der Waals surface area contributed by atoms with E-state index in [0.717, 1.165) is 12.1 Å². The quantitative estimate of drug-likeness (QED) is 0.430. The van der Waals surface area contributed by atoms with Crippen LogP contribution in [0.4, 0.5) is 11.4 Å². The van der Waals surface area contributed by atoms with Gasteiger partial charge in [0.1, 0.15) is 0 Å². The number of esters is 1. The summed E-state index contributed by atoms with van der Waals surface area (Å²) < 4.78 is 5.02. The van der Waals surface area contributed by atoms with E-state index in [4.69, 9.17) is 39.5 Å². The Hall–Kier alpha value is -2.35. The molecule has 136 valence electrons. The number of non-ortho nitro benzene ring substituents is 1. The molecule has 26 heavy (non-hydrogen) atoms. The minimum Gasteiger partial charge on any atom is -0.449 e. The molecule has 2 rings (SSSR count). The van der Waals surface area contributed by atoms with Gasteiger partial charge >= 0.3 is 5.97 Å². The molecule has 10 heteroatoms. The predicted octanol–water partition coefficient (Wildman–Crippen LogP) is 4.74. The molecule has 0 spiro atoms. The Morgan fingerprint density at radius 3 is 2.50 bits per heavy atom. The van der Waals surface area contributed by atoms with E-state index >= 15 is 0 Å². The minimum absolute atomic E-state index is 0.0360. The van der Waals surface area contributed by atoms with E-state index in [2.05, 4.69) is 5.32 Å². The predicted molar refractivity (Wildman–Crippen MR) is 98.1 cm³/mol. The number of nitro groups is 1. The number of ether oxygens (including phenoxy) is 1. The molecule has 1 unspecified atom stereocenters. The van der Waals surface area contributed by atoms with Gasteiger partial charge in [0.2, 0.25) is 0 Å². The molecule has 0 aromatic heterocycles. The molecule has 2 aromatic rings.